The number of carbonyl (C=O) groups is 1. The van der Waals surface area contributed by atoms with Gasteiger partial charge in [-0.25, -0.2) is 9.37 Å². The highest BCUT2D eigenvalue weighted by molar-refractivity contribution is 5.93. The van der Waals surface area contributed by atoms with Crippen LogP contribution >= 0.6 is 0 Å². The van der Waals surface area contributed by atoms with E-state index in [1.165, 1.54) is 12.1 Å². The molecule has 130 valence electrons. The van der Waals surface area contributed by atoms with Gasteiger partial charge >= 0.3 is 0 Å². The number of halogens is 1. The van der Waals surface area contributed by atoms with E-state index in [0.717, 1.165) is 17.8 Å². The lowest BCUT2D eigenvalue weighted by Gasteiger charge is -2.03. The minimum absolute atomic E-state index is 0.199. The predicted molar refractivity (Wildman–Crippen MR) is 92.2 cm³/mol. The van der Waals surface area contributed by atoms with Gasteiger partial charge in [-0.05, 0) is 35.7 Å². The number of imidazole rings is 1. The highest BCUT2D eigenvalue weighted by Gasteiger charge is 2.10. The number of carbonyl (C=O) groups excluding carboxylic acids is 1. The van der Waals surface area contributed by atoms with Crippen molar-refractivity contribution in [2.24, 2.45) is 5.92 Å². The molecule has 0 aliphatic rings. The monoisotopic (exact) mass is 341 g/mol. The lowest BCUT2D eigenvalue weighted by Crippen LogP contribution is -2.23. The molecular formula is C18H20FN5O. The fraction of sp³-hybridized carbons (Fsp3) is 0.278. The fourth-order valence-electron chi connectivity index (χ4n) is 2.45. The van der Waals surface area contributed by atoms with Gasteiger partial charge < -0.3 is 10.3 Å². The zero-order valence-corrected chi connectivity index (χ0v) is 14.2. The molecule has 2 heterocycles. The molecule has 0 spiro atoms. The summed E-state index contributed by atoms with van der Waals surface area (Å²) in [5.74, 6) is 0.606. The summed E-state index contributed by atoms with van der Waals surface area (Å²) < 4.78 is 14.7. The van der Waals surface area contributed by atoms with Crippen LogP contribution in [0, 0.1) is 11.7 Å². The van der Waals surface area contributed by atoms with Crippen molar-refractivity contribution in [3.8, 4) is 11.3 Å². The molecule has 2 aromatic heterocycles. The van der Waals surface area contributed by atoms with Crippen molar-refractivity contribution >= 4 is 5.91 Å². The van der Waals surface area contributed by atoms with E-state index in [1.54, 1.807) is 35.4 Å². The van der Waals surface area contributed by atoms with Gasteiger partial charge in [-0.1, -0.05) is 13.8 Å². The van der Waals surface area contributed by atoms with Crippen LogP contribution in [0.15, 0.2) is 42.9 Å². The second kappa shape index (κ2) is 7.29. The van der Waals surface area contributed by atoms with E-state index in [1.807, 2.05) is 0 Å². The van der Waals surface area contributed by atoms with E-state index in [0.29, 0.717) is 17.3 Å². The maximum absolute atomic E-state index is 13.0. The summed E-state index contributed by atoms with van der Waals surface area (Å²) in [6.45, 7) is 5.23. The average Bonchev–Trinajstić information content (AvgIpc) is 3.22. The van der Waals surface area contributed by atoms with Gasteiger partial charge in [0.1, 0.15) is 11.6 Å². The van der Waals surface area contributed by atoms with E-state index in [2.05, 4.69) is 34.2 Å². The van der Waals surface area contributed by atoms with Crippen LogP contribution in [0.3, 0.4) is 0 Å². The zero-order valence-electron chi connectivity index (χ0n) is 14.2. The normalized spacial score (nSPS) is 11.0. The third-order valence-electron chi connectivity index (χ3n) is 3.65. The Morgan fingerprint density at radius 1 is 1.28 bits per heavy atom. The molecule has 0 radical (unpaired) electrons. The summed E-state index contributed by atoms with van der Waals surface area (Å²) in [6, 6.07) is 6.14. The molecule has 0 saturated heterocycles. The van der Waals surface area contributed by atoms with Gasteiger partial charge in [-0.2, -0.15) is 5.10 Å². The number of nitrogens with zero attached hydrogens (tertiary/aromatic N) is 3. The molecule has 0 aliphatic carbocycles. The Morgan fingerprint density at radius 3 is 2.76 bits per heavy atom. The molecule has 2 N–H and O–H groups in total. The van der Waals surface area contributed by atoms with Gasteiger partial charge in [0.25, 0.3) is 5.91 Å². The van der Waals surface area contributed by atoms with Crippen molar-refractivity contribution in [1.82, 2.24) is 25.1 Å². The Hall–Kier alpha value is -2.96. The second-order valence-electron chi connectivity index (χ2n) is 6.28. The molecule has 0 bridgehead atoms. The summed E-state index contributed by atoms with van der Waals surface area (Å²) in [5.41, 5.74) is 2.13. The first-order valence-corrected chi connectivity index (χ1v) is 8.11. The molecule has 1 amide bonds. The van der Waals surface area contributed by atoms with Crippen molar-refractivity contribution in [3.05, 3.63) is 60.1 Å². The summed E-state index contributed by atoms with van der Waals surface area (Å²) in [4.78, 5) is 19.5. The first-order valence-electron chi connectivity index (χ1n) is 8.11. The highest BCUT2D eigenvalue weighted by Crippen LogP contribution is 2.17. The zero-order chi connectivity index (χ0) is 17.8. The third-order valence-corrected chi connectivity index (χ3v) is 3.65. The summed E-state index contributed by atoms with van der Waals surface area (Å²) in [5, 5.41) is 6.99. The van der Waals surface area contributed by atoms with Crippen molar-refractivity contribution in [2.75, 3.05) is 0 Å². The Morgan fingerprint density at radius 2 is 2.04 bits per heavy atom. The maximum atomic E-state index is 13.0. The smallest absolute Gasteiger partial charge is 0.254 e. The van der Waals surface area contributed by atoms with Crippen molar-refractivity contribution < 1.29 is 9.18 Å². The maximum Gasteiger partial charge on any atom is 0.254 e. The minimum Gasteiger partial charge on any atom is -0.345 e. The quantitative estimate of drug-likeness (QED) is 0.724. The summed E-state index contributed by atoms with van der Waals surface area (Å²) in [7, 11) is 0. The molecule has 3 aromatic rings. The lowest BCUT2D eigenvalue weighted by atomic mass is 10.2. The molecule has 3 rings (SSSR count). The first kappa shape index (κ1) is 16.9. The van der Waals surface area contributed by atoms with Gasteiger partial charge in [0.15, 0.2) is 0 Å². The lowest BCUT2D eigenvalue weighted by molar-refractivity contribution is 0.0950. The molecule has 0 aliphatic heterocycles. The largest absolute Gasteiger partial charge is 0.345 e. The van der Waals surface area contributed by atoms with E-state index >= 15 is 0 Å². The van der Waals surface area contributed by atoms with Gasteiger partial charge in [-0.15, -0.1) is 0 Å². The van der Waals surface area contributed by atoms with Crippen LogP contribution in [-0.4, -0.2) is 25.7 Å². The summed E-state index contributed by atoms with van der Waals surface area (Å²) in [6.07, 6.45) is 4.96. The van der Waals surface area contributed by atoms with Crippen LogP contribution in [0.25, 0.3) is 11.3 Å². The molecular weight excluding hydrogens is 321 g/mol. The van der Waals surface area contributed by atoms with Crippen LogP contribution in [-0.2, 0) is 13.1 Å². The second-order valence-corrected chi connectivity index (χ2v) is 6.28. The van der Waals surface area contributed by atoms with Crippen molar-refractivity contribution in [1.29, 1.82) is 0 Å². The molecule has 0 saturated carbocycles. The summed E-state index contributed by atoms with van der Waals surface area (Å²) >= 11 is 0. The van der Waals surface area contributed by atoms with Gasteiger partial charge in [0.05, 0.1) is 30.2 Å². The Labute approximate surface area is 145 Å². The minimum atomic E-state index is -0.284. The van der Waals surface area contributed by atoms with Crippen molar-refractivity contribution in [3.63, 3.8) is 0 Å². The average molecular weight is 341 g/mol. The number of H-pyrrole nitrogens is 1. The number of rotatable bonds is 6. The van der Waals surface area contributed by atoms with Gasteiger partial charge in [0, 0.05) is 12.7 Å². The fourth-order valence-corrected chi connectivity index (χ4v) is 2.45. The molecule has 6 nitrogen and oxygen atoms in total. The van der Waals surface area contributed by atoms with Gasteiger partial charge in [-0.3, -0.25) is 9.48 Å². The number of aromatic amines is 1. The van der Waals surface area contributed by atoms with Crippen LogP contribution in [0.5, 0.6) is 0 Å². The van der Waals surface area contributed by atoms with Crippen LogP contribution in [0.2, 0.25) is 0 Å². The molecule has 25 heavy (non-hydrogen) atoms. The molecule has 0 unspecified atom stereocenters. The third kappa shape index (κ3) is 4.32. The molecule has 0 fully saturated rings. The number of amides is 1. The van der Waals surface area contributed by atoms with Crippen LogP contribution in [0.1, 0.15) is 30.0 Å². The Bertz CT molecular complexity index is 850. The molecule has 1 aromatic carbocycles. The Kier molecular flexibility index (Phi) is 4.92. The topological polar surface area (TPSA) is 75.6 Å². The van der Waals surface area contributed by atoms with Gasteiger partial charge in [0.2, 0.25) is 0 Å². The number of nitrogens with one attached hydrogen (secondary N) is 2. The van der Waals surface area contributed by atoms with E-state index < -0.39 is 0 Å². The number of benzene rings is 1. The van der Waals surface area contributed by atoms with Crippen LogP contribution < -0.4 is 5.32 Å². The van der Waals surface area contributed by atoms with Crippen LogP contribution in [0.4, 0.5) is 4.39 Å². The van der Waals surface area contributed by atoms with E-state index in [-0.39, 0.29) is 18.3 Å². The van der Waals surface area contributed by atoms with E-state index in [4.69, 9.17) is 0 Å². The highest BCUT2D eigenvalue weighted by atomic mass is 19.1. The number of hydrogen-bond acceptors (Lipinski definition) is 3. The Balaban J connectivity index is 1.59. The molecule has 7 heteroatoms. The predicted octanol–water partition coefficient (Wildman–Crippen LogP) is 3.00. The SMILES string of the molecule is CC(C)Cn1cc(C(=O)NCc2ncc(-c3ccc(F)cc3)[nH]2)cn1. The number of aromatic nitrogens is 4. The standard InChI is InChI=1S/C18H20FN5O/c1-12(2)10-24-11-14(7-22-24)18(25)21-9-17-20-8-16(23-17)13-3-5-15(19)6-4-13/h3-8,11-12H,9-10H2,1-2H3,(H,20,23)(H,21,25). The number of hydrogen-bond donors (Lipinski definition) is 2. The first-order chi connectivity index (χ1) is 12.0. The van der Waals surface area contributed by atoms with Crippen molar-refractivity contribution in [2.45, 2.75) is 26.9 Å². The van der Waals surface area contributed by atoms with E-state index in [9.17, 15) is 9.18 Å². The molecule has 0 atom stereocenters.